The Morgan fingerprint density at radius 2 is 2.07 bits per heavy atom. The predicted molar refractivity (Wildman–Crippen MR) is 50.3 cm³/mol. The van der Waals surface area contributed by atoms with Crippen LogP contribution in [0.5, 0.6) is 0 Å². The molecule has 1 aromatic carbocycles. The van der Waals surface area contributed by atoms with Gasteiger partial charge in [-0.15, -0.1) is 0 Å². The zero-order valence-corrected chi connectivity index (χ0v) is 7.82. The van der Waals surface area contributed by atoms with Crippen molar-refractivity contribution in [3.8, 4) is 0 Å². The van der Waals surface area contributed by atoms with Crippen molar-refractivity contribution in [2.24, 2.45) is 5.92 Å². The first kappa shape index (κ1) is 9.62. The average molecular weight is 196 g/mol. The maximum absolute atomic E-state index is 12.7. The zero-order chi connectivity index (χ0) is 9.97. The summed E-state index contributed by atoms with van der Waals surface area (Å²) in [4.78, 5) is 0. The number of aliphatic hydroxyl groups is 1. The van der Waals surface area contributed by atoms with Gasteiger partial charge in [0.1, 0.15) is 5.82 Å². The molecule has 1 heterocycles. The van der Waals surface area contributed by atoms with E-state index in [1.165, 1.54) is 12.1 Å². The quantitative estimate of drug-likeness (QED) is 0.782. The van der Waals surface area contributed by atoms with Gasteiger partial charge in [-0.3, -0.25) is 0 Å². The summed E-state index contributed by atoms with van der Waals surface area (Å²) >= 11 is 0. The van der Waals surface area contributed by atoms with Crippen molar-refractivity contribution in [1.82, 2.24) is 0 Å². The number of aliphatic hydroxyl groups excluding tert-OH is 1. The molecule has 2 atom stereocenters. The van der Waals surface area contributed by atoms with Crippen molar-refractivity contribution in [2.45, 2.75) is 12.5 Å². The molecular formula is C11H13FO2. The minimum absolute atomic E-state index is 0.0689. The van der Waals surface area contributed by atoms with Crippen molar-refractivity contribution in [3.63, 3.8) is 0 Å². The minimum Gasteiger partial charge on any atom is -0.396 e. The number of benzene rings is 1. The first-order valence-corrected chi connectivity index (χ1v) is 4.79. The van der Waals surface area contributed by atoms with E-state index in [9.17, 15) is 4.39 Å². The molecular weight excluding hydrogens is 183 g/mol. The fourth-order valence-electron chi connectivity index (χ4n) is 1.84. The second-order valence-corrected chi connectivity index (χ2v) is 3.57. The Hall–Kier alpha value is -0.930. The van der Waals surface area contributed by atoms with Crippen LogP contribution in [0.15, 0.2) is 24.3 Å². The second-order valence-electron chi connectivity index (χ2n) is 3.57. The van der Waals surface area contributed by atoms with Gasteiger partial charge in [-0.2, -0.15) is 0 Å². The Balaban J connectivity index is 2.17. The van der Waals surface area contributed by atoms with Crippen molar-refractivity contribution < 1.29 is 14.2 Å². The highest BCUT2D eigenvalue weighted by Gasteiger charge is 2.28. The lowest BCUT2D eigenvalue weighted by atomic mass is 9.96. The average Bonchev–Trinajstić information content (AvgIpc) is 2.67. The summed E-state index contributed by atoms with van der Waals surface area (Å²) in [6, 6.07) is 6.28. The molecule has 1 aliphatic rings. The van der Waals surface area contributed by atoms with Crippen LogP contribution >= 0.6 is 0 Å². The molecule has 76 valence electrons. The van der Waals surface area contributed by atoms with E-state index in [0.717, 1.165) is 12.0 Å². The summed E-state index contributed by atoms with van der Waals surface area (Å²) in [7, 11) is 0. The molecule has 1 aromatic rings. The molecule has 1 fully saturated rings. The molecule has 2 rings (SSSR count). The maximum Gasteiger partial charge on any atom is 0.123 e. The lowest BCUT2D eigenvalue weighted by Gasteiger charge is -2.16. The van der Waals surface area contributed by atoms with Crippen LogP contribution in [0.25, 0.3) is 0 Å². The van der Waals surface area contributed by atoms with Crippen LogP contribution in [0.1, 0.15) is 18.1 Å². The number of halogens is 1. The van der Waals surface area contributed by atoms with Gasteiger partial charge in [-0.25, -0.2) is 4.39 Å². The van der Waals surface area contributed by atoms with Crippen molar-refractivity contribution in [2.75, 3.05) is 13.2 Å². The summed E-state index contributed by atoms with van der Waals surface area (Å²) in [5.74, 6) is -0.0900. The van der Waals surface area contributed by atoms with Crippen LogP contribution in [0.3, 0.4) is 0 Å². The van der Waals surface area contributed by atoms with Gasteiger partial charge in [0.2, 0.25) is 0 Å². The Labute approximate surface area is 82.3 Å². The van der Waals surface area contributed by atoms with E-state index in [2.05, 4.69) is 0 Å². The predicted octanol–water partition coefficient (Wildman–Crippen LogP) is 1.90. The number of rotatable bonds is 2. The third-order valence-corrected chi connectivity index (χ3v) is 2.65. The first-order chi connectivity index (χ1) is 6.81. The SMILES string of the molecule is OCC1CCOC1c1ccc(F)cc1. The van der Waals surface area contributed by atoms with Crippen LogP contribution in [-0.4, -0.2) is 18.3 Å². The lowest BCUT2D eigenvalue weighted by molar-refractivity contribution is 0.0720. The van der Waals surface area contributed by atoms with E-state index in [0.29, 0.717) is 6.61 Å². The van der Waals surface area contributed by atoms with Crippen LogP contribution < -0.4 is 0 Å². The van der Waals surface area contributed by atoms with Gasteiger partial charge in [0.25, 0.3) is 0 Å². The second kappa shape index (κ2) is 4.07. The maximum atomic E-state index is 12.7. The molecule has 14 heavy (non-hydrogen) atoms. The van der Waals surface area contributed by atoms with Crippen LogP contribution in [0, 0.1) is 11.7 Å². The van der Waals surface area contributed by atoms with Gasteiger partial charge < -0.3 is 9.84 Å². The molecule has 0 radical (unpaired) electrons. The van der Waals surface area contributed by atoms with E-state index in [1.54, 1.807) is 12.1 Å². The van der Waals surface area contributed by atoms with Crippen LogP contribution in [-0.2, 0) is 4.74 Å². The van der Waals surface area contributed by atoms with Gasteiger partial charge in [-0.05, 0) is 24.1 Å². The van der Waals surface area contributed by atoms with Crippen molar-refractivity contribution in [3.05, 3.63) is 35.6 Å². The summed E-state index contributed by atoms with van der Waals surface area (Å²) in [6.45, 7) is 0.801. The first-order valence-electron chi connectivity index (χ1n) is 4.79. The highest BCUT2D eigenvalue weighted by molar-refractivity contribution is 5.20. The fourth-order valence-corrected chi connectivity index (χ4v) is 1.84. The summed E-state index contributed by atoms with van der Waals surface area (Å²) in [5, 5.41) is 9.10. The summed E-state index contributed by atoms with van der Waals surface area (Å²) in [5.41, 5.74) is 0.947. The van der Waals surface area contributed by atoms with Gasteiger partial charge in [0, 0.05) is 19.1 Å². The molecule has 2 unspecified atom stereocenters. The van der Waals surface area contributed by atoms with E-state index in [4.69, 9.17) is 9.84 Å². The summed E-state index contributed by atoms with van der Waals surface area (Å²) < 4.78 is 18.2. The van der Waals surface area contributed by atoms with E-state index < -0.39 is 0 Å². The Bertz CT molecular complexity index is 297. The molecule has 0 bridgehead atoms. The van der Waals surface area contributed by atoms with Crippen molar-refractivity contribution in [1.29, 1.82) is 0 Å². The highest BCUT2D eigenvalue weighted by Crippen LogP contribution is 2.33. The third kappa shape index (κ3) is 1.79. The van der Waals surface area contributed by atoms with E-state index in [1.807, 2.05) is 0 Å². The Morgan fingerprint density at radius 1 is 1.36 bits per heavy atom. The molecule has 0 spiro atoms. The highest BCUT2D eigenvalue weighted by atomic mass is 19.1. The largest absolute Gasteiger partial charge is 0.396 e. The van der Waals surface area contributed by atoms with E-state index >= 15 is 0 Å². The van der Waals surface area contributed by atoms with Gasteiger partial charge in [0.05, 0.1) is 6.10 Å². The third-order valence-electron chi connectivity index (χ3n) is 2.65. The molecule has 3 heteroatoms. The number of hydrogen-bond donors (Lipinski definition) is 1. The van der Waals surface area contributed by atoms with Gasteiger partial charge in [-0.1, -0.05) is 12.1 Å². The minimum atomic E-state index is -0.243. The van der Waals surface area contributed by atoms with Crippen molar-refractivity contribution >= 4 is 0 Å². The van der Waals surface area contributed by atoms with Crippen LogP contribution in [0.2, 0.25) is 0 Å². The molecule has 1 N–H and O–H groups in total. The van der Waals surface area contributed by atoms with Crippen LogP contribution in [0.4, 0.5) is 4.39 Å². The molecule has 2 nitrogen and oxygen atoms in total. The normalized spacial score (nSPS) is 26.7. The van der Waals surface area contributed by atoms with E-state index in [-0.39, 0.29) is 24.4 Å². The topological polar surface area (TPSA) is 29.5 Å². The Morgan fingerprint density at radius 3 is 2.71 bits per heavy atom. The standard InChI is InChI=1S/C11H13FO2/c12-10-3-1-8(2-4-10)11-9(7-13)5-6-14-11/h1-4,9,11,13H,5-7H2. The molecule has 1 aliphatic heterocycles. The Kier molecular flexibility index (Phi) is 2.79. The number of hydrogen-bond acceptors (Lipinski definition) is 2. The smallest absolute Gasteiger partial charge is 0.123 e. The van der Waals surface area contributed by atoms with Gasteiger partial charge in [0.15, 0.2) is 0 Å². The fraction of sp³-hybridized carbons (Fsp3) is 0.455. The molecule has 0 saturated carbocycles. The lowest BCUT2D eigenvalue weighted by Crippen LogP contribution is -2.11. The molecule has 0 aliphatic carbocycles. The molecule has 1 saturated heterocycles. The van der Waals surface area contributed by atoms with Gasteiger partial charge >= 0.3 is 0 Å². The summed E-state index contributed by atoms with van der Waals surface area (Å²) in [6.07, 6.45) is 0.805. The number of ether oxygens (including phenoxy) is 1. The molecule has 0 aromatic heterocycles. The zero-order valence-electron chi connectivity index (χ0n) is 7.82. The molecule has 0 amide bonds. The monoisotopic (exact) mass is 196 g/mol.